The summed E-state index contributed by atoms with van der Waals surface area (Å²) in [6, 6.07) is 3.67. The molecule has 0 unspecified atom stereocenters. The number of carboxylic acid groups (broad SMARTS) is 1. The van der Waals surface area contributed by atoms with Gasteiger partial charge in [-0.3, -0.25) is 0 Å². The Morgan fingerprint density at radius 3 is 2.53 bits per heavy atom. The molecule has 0 fully saturated rings. The maximum absolute atomic E-state index is 12.5. The molecule has 0 aliphatic rings. The number of halogens is 2. The predicted octanol–water partition coefficient (Wildman–Crippen LogP) is 2.50. The van der Waals surface area contributed by atoms with Crippen molar-refractivity contribution in [1.29, 1.82) is 5.26 Å². The summed E-state index contributed by atoms with van der Waals surface area (Å²) in [6.07, 6.45) is -2.85. The van der Waals surface area contributed by atoms with Gasteiger partial charge in [-0.1, -0.05) is 0 Å². The number of aromatic carboxylic acids is 1. The van der Waals surface area contributed by atoms with Gasteiger partial charge in [0.05, 0.1) is 17.2 Å². The molecule has 0 aliphatic heterocycles. The Morgan fingerprint density at radius 1 is 1.53 bits per heavy atom. The van der Waals surface area contributed by atoms with E-state index in [1.807, 2.05) is 0 Å². The first kappa shape index (κ1) is 11.1. The third kappa shape index (κ3) is 2.10. The van der Waals surface area contributed by atoms with Crippen molar-refractivity contribution < 1.29 is 18.7 Å². The van der Waals surface area contributed by atoms with Crippen molar-refractivity contribution in [1.82, 2.24) is 0 Å². The third-order valence-electron chi connectivity index (χ3n) is 1.96. The minimum atomic E-state index is -2.85. The Balaban J connectivity index is 3.47. The number of carbonyl (C=O) groups is 1. The summed E-state index contributed by atoms with van der Waals surface area (Å²) in [5.74, 6) is -1.29. The van der Waals surface area contributed by atoms with Crippen molar-refractivity contribution in [3.8, 4) is 6.07 Å². The number of nitrogens with zero attached hydrogens (tertiary/aromatic N) is 1. The van der Waals surface area contributed by atoms with Crippen molar-refractivity contribution in [3.05, 3.63) is 34.4 Å². The van der Waals surface area contributed by atoms with Crippen molar-refractivity contribution in [3.63, 3.8) is 0 Å². The zero-order valence-electron chi connectivity index (χ0n) is 7.79. The van der Waals surface area contributed by atoms with Gasteiger partial charge >= 0.3 is 5.97 Å². The van der Waals surface area contributed by atoms with E-state index < -0.39 is 18.0 Å². The molecule has 78 valence electrons. The highest BCUT2D eigenvalue weighted by Crippen LogP contribution is 2.26. The fraction of sp³-hybridized carbons (Fsp3) is 0.200. The molecule has 0 aromatic heterocycles. The number of hydrogen-bond donors (Lipinski definition) is 1. The number of alkyl halides is 2. The SMILES string of the molecule is Cc1cc(C(=O)O)cc(C(F)F)c1C#N. The van der Waals surface area contributed by atoms with Crippen molar-refractivity contribution in [2.45, 2.75) is 13.3 Å². The van der Waals surface area contributed by atoms with Crippen LogP contribution in [0.5, 0.6) is 0 Å². The lowest BCUT2D eigenvalue weighted by atomic mass is 9.99. The van der Waals surface area contributed by atoms with Crippen molar-refractivity contribution in [2.75, 3.05) is 0 Å². The lowest BCUT2D eigenvalue weighted by molar-refractivity contribution is 0.0696. The Hall–Kier alpha value is -1.96. The third-order valence-corrected chi connectivity index (χ3v) is 1.96. The van der Waals surface area contributed by atoms with E-state index in [9.17, 15) is 13.6 Å². The predicted molar refractivity (Wildman–Crippen MR) is 47.8 cm³/mol. The van der Waals surface area contributed by atoms with Crippen LogP contribution < -0.4 is 0 Å². The number of benzene rings is 1. The van der Waals surface area contributed by atoms with Crippen LogP contribution in [-0.4, -0.2) is 11.1 Å². The fourth-order valence-electron chi connectivity index (χ4n) is 1.26. The van der Waals surface area contributed by atoms with Crippen LogP contribution in [-0.2, 0) is 0 Å². The van der Waals surface area contributed by atoms with Gasteiger partial charge in [0.2, 0.25) is 0 Å². The van der Waals surface area contributed by atoms with Gasteiger partial charge < -0.3 is 5.11 Å². The zero-order chi connectivity index (χ0) is 11.6. The first-order chi connectivity index (χ1) is 6.97. The topological polar surface area (TPSA) is 61.1 Å². The quantitative estimate of drug-likeness (QED) is 0.817. The Morgan fingerprint density at radius 2 is 2.13 bits per heavy atom. The first-order valence-corrected chi connectivity index (χ1v) is 4.03. The van der Waals surface area contributed by atoms with E-state index in [1.54, 1.807) is 6.07 Å². The second-order valence-corrected chi connectivity index (χ2v) is 2.98. The summed E-state index contributed by atoms with van der Waals surface area (Å²) in [6.45, 7) is 1.43. The Labute approximate surface area is 84.6 Å². The van der Waals surface area contributed by atoms with Gasteiger partial charge in [0.1, 0.15) is 0 Å². The van der Waals surface area contributed by atoms with E-state index >= 15 is 0 Å². The number of rotatable bonds is 2. The van der Waals surface area contributed by atoms with E-state index in [-0.39, 0.29) is 16.7 Å². The van der Waals surface area contributed by atoms with Crippen LogP contribution >= 0.6 is 0 Å². The van der Waals surface area contributed by atoms with Gasteiger partial charge in [0.25, 0.3) is 6.43 Å². The molecule has 1 N–H and O–H groups in total. The molecular formula is C10H7F2NO2. The van der Waals surface area contributed by atoms with Gasteiger partial charge in [-0.25, -0.2) is 13.6 Å². The summed E-state index contributed by atoms with van der Waals surface area (Å²) >= 11 is 0. The van der Waals surface area contributed by atoms with E-state index in [4.69, 9.17) is 10.4 Å². The van der Waals surface area contributed by atoms with Crippen LogP contribution in [0.3, 0.4) is 0 Å². The molecule has 5 heteroatoms. The van der Waals surface area contributed by atoms with Crippen molar-refractivity contribution >= 4 is 5.97 Å². The highest BCUT2D eigenvalue weighted by molar-refractivity contribution is 5.88. The van der Waals surface area contributed by atoms with Gasteiger partial charge in [-0.05, 0) is 24.6 Å². The average molecular weight is 211 g/mol. The number of aryl methyl sites for hydroxylation is 1. The average Bonchev–Trinajstić information content (AvgIpc) is 2.16. The van der Waals surface area contributed by atoms with E-state index in [2.05, 4.69) is 0 Å². The molecule has 0 saturated carbocycles. The monoisotopic (exact) mass is 211 g/mol. The molecule has 1 aromatic rings. The van der Waals surface area contributed by atoms with Crippen LogP contribution in [0.1, 0.15) is 33.5 Å². The van der Waals surface area contributed by atoms with E-state index in [0.29, 0.717) is 0 Å². The first-order valence-electron chi connectivity index (χ1n) is 4.03. The highest BCUT2D eigenvalue weighted by Gasteiger charge is 2.18. The van der Waals surface area contributed by atoms with Crippen LogP contribution in [0.25, 0.3) is 0 Å². The van der Waals surface area contributed by atoms with Crippen LogP contribution in [0, 0.1) is 18.3 Å². The Bertz CT molecular complexity index is 449. The van der Waals surface area contributed by atoms with E-state index in [1.165, 1.54) is 13.0 Å². The maximum atomic E-state index is 12.5. The van der Waals surface area contributed by atoms with Gasteiger partial charge in [0.15, 0.2) is 0 Å². The highest BCUT2D eigenvalue weighted by atomic mass is 19.3. The molecule has 0 aliphatic carbocycles. The molecule has 0 amide bonds. The molecular weight excluding hydrogens is 204 g/mol. The molecule has 0 saturated heterocycles. The summed E-state index contributed by atoms with van der Waals surface area (Å²) < 4.78 is 25.0. The Kier molecular flexibility index (Phi) is 3.00. The van der Waals surface area contributed by atoms with E-state index in [0.717, 1.165) is 6.07 Å². The minimum absolute atomic E-state index is 0.157. The second-order valence-electron chi connectivity index (χ2n) is 2.98. The summed E-state index contributed by atoms with van der Waals surface area (Å²) in [5.41, 5.74) is -0.681. The smallest absolute Gasteiger partial charge is 0.335 e. The summed E-state index contributed by atoms with van der Waals surface area (Å²) in [7, 11) is 0. The largest absolute Gasteiger partial charge is 0.478 e. The number of nitriles is 1. The van der Waals surface area contributed by atoms with Crippen molar-refractivity contribution in [2.24, 2.45) is 0 Å². The summed E-state index contributed by atoms with van der Waals surface area (Å²) in [5, 5.41) is 17.3. The van der Waals surface area contributed by atoms with Crippen LogP contribution in [0.4, 0.5) is 8.78 Å². The lowest BCUT2D eigenvalue weighted by Gasteiger charge is -2.07. The summed E-state index contributed by atoms with van der Waals surface area (Å²) in [4.78, 5) is 10.6. The standard InChI is InChI=1S/C10H7F2NO2/c1-5-2-6(10(14)15)3-7(9(11)12)8(5)4-13/h2-3,9H,1H3,(H,14,15). The molecule has 0 radical (unpaired) electrons. The van der Waals surface area contributed by atoms with Gasteiger partial charge in [-0.15, -0.1) is 0 Å². The molecule has 0 spiro atoms. The minimum Gasteiger partial charge on any atom is -0.478 e. The maximum Gasteiger partial charge on any atom is 0.335 e. The van der Waals surface area contributed by atoms with Gasteiger partial charge in [0, 0.05) is 5.56 Å². The van der Waals surface area contributed by atoms with Crippen LogP contribution in [0.2, 0.25) is 0 Å². The molecule has 1 aromatic carbocycles. The number of hydrogen-bond acceptors (Lipinski definition) is 2. The van der Waals surface area contributed by atoms with Crippen LogP contribution in [0.15, 0.2) is 12.1 Å². The van der Waals surface area contributed by atoms with Gasteiger partial charge in [-0.2, -0.15) is 5.26 Å². The lowest BCUT2D eigenvalue weighted by Crippen LogP contribution is -2.02. The second kappa shape index (κ2) is 4.05. The number of carboxylic acids is 1. The fourth-order valence-corrected chi connectivity index (χ4v) is 1.26. The zero-order valence-corrected chi connectivity index (χ0v) is 7.79. The molecule has 1 rings (SSSR count). The molecule has 3 nitrogen and oxygen atoms in total. The normalized spacial score (nSPS) is 10.1. The molecule has 0 heterocycles. The molecule has 15 heavy (non-hydrogen) atoms. The molecule has 0 atom stereocenters. The molecule has 0 bridgehead atoms.